The third kappa shape index (κ3) is 5.12. The molecular formula is C11H20O3. The Bertz CT molecular complexity index is 187. The van der Waals surface area contributed by atoms with Gasteiger partial charge in [0.05, 0.1) is 0 Å². The summed E-state index contributed by atoms with van der Waals surface area (Å²) in [5.41, 5.74) is 0. The Hall–Kier alpha value is -0.700. The van der Waals surface area contributed by atoms with Gasteiger partial charge in [0.1, 0.15) is 6.10 Å². The lowest BCUT2D eigenvalue weighted by Crippen LogP contribution is -2.28. The standard InChI is InChI=1S/C11H20O3/c1-3-5-7-9(12)11(14)10(13)8-6-4-2/h9,12H,3-8H2,1-2H3. The number of Topliss-reactive ketones (excluding diaryl/α,β-unsaturated/α-hetero) is 2. The van der Waals surface area contributed by atoms with Crippen molar-refractivity contribution in [2.75, 3.05) is 0 Å². The first kappa shape index (κ1) is 13.3. The zero-order valence-electron chi connectivity index (χ0n) is 9.08. The van der Waals surface area contributed by atoms with Gasteiger partial charge in [0.2, 0.25) is 11.6 Å². The first-order chi connectivity index (χ1) is 6.63. The van der Waals surface area contributed by atoms with E-state index in [1.807, 2.05) is 13.8 Å². The van der Waals surface area contributed by atoms with E-state index in [4.69, 9.17) is 0 Å². The van der Waals surface area contributed by atoms with Crippen LogP contribution < -0.4 is 0 Å². The Labute approximate surface area is 85.5 Å². The predicted molar refractivity (Wildman–Crippen MR) is 55.1 cm³/mol. The van der Waals surface area contributed by atoms with Crippen molar-refractivity contribution in [1.82, 2.24) is 0 Å². The topological polar surface area (TPSA) is 54.4 Å². The molecule has 0 aliphatic carbocycles. The second-order valence-electron chi connectivity index (χ2n) is 3.55. The minimum absolute atomic E-state index is 0.276. The largest absolute Gasteiger partial charge is 0.385 e. The maximum Gasteiger partial charge on any atom is 0.226 e. The van der Waals surface area contributed by atoms with Crippen LogP contribution in [0.3, 0.4) is 0 Å². The maximum atomic E-state index is 11.3. The van der Waals surface area contributed by atoms with E-state index in [-0.39, 0.29) is 6.42 Å². The van der Waals surface area contributed by atoms with E-state index in [2.05, 4.69) is 0 Å². The normalized spacial score (nSPS) is 12.5. The zero-order chi connectivity index (χ0) is 11.0. The van der Waals surface area contributed by atoms with Gasteiger partial charge in [0.25, 0.3) is 0 Å². The number of carbonyl (C=O) groups excluding carboxylic acids is 2. The molecule has 0 saturated carbocycles. The monoisotopic (exact) mass is 200 g/mol. The Morgan fingerprint density at radius 3 is 2.21 bits per heavy atom. The highest BCUT2D eigenvalue weighted by Gasteiger charge is 2.21. The molecule has 0 radical (unpaired) electrons. The Morgan fingerprint density at radius 2 is 1.71 bits per heavy atom. The van der Waals surface area contributed by atoms with Crippen LogP contribution in [0.2, 0.25) is 0 Å². The number of ketones is 2. The van der Waals surface area contributed by atoms with Gasteiger partial charge in [0, 0.05) is 6.42 Å². The van der Waals surface area contributed by atoms with Crippen molar-refractivity contribution >= 4 is 11.6 Å². The number of carbonyl (C=O) groups is 2. The molecule has 0 amide bonds. The summed E-state index contributed by atoms with van der Waals surface area (Å²) >= 11 is 0. The van der Waals surface area contributed by atoms with E-state index in [1.54, 1.807) is 0 Å². The summed E-state index contributed by atoms with van der Waals surface area (Å²) in [6.45, 7) is 3.95. The molecule has 0 saturated heterocycles. The number of rotatable bonds is 8. The predicted octanol–water partition coefficient (Wildman–Crippen LogP) is 1.87. The number of aliphatic hydroxyl groups is 1. The first-order valence-electron chi connectivity index (χ1n) is 5.38. The van der Waals surface area contributed by atoms with Crippen molar-refractivity contribution < 1.29 is 14.7 Å². The van der Waals surface area contributed by atoms with Gasteiger partial charge in [-0.15, -0.1) is 0 Å². The summed E-state index contributed by atoms with van der Waals surface area (Å²) in [6.07, 6.45) is 2.95. The fraction of sp³-hybridized carbons (Fsp3) is 0.818. The molecule has 1 atom stereocenters. The van der Waals surface area contributed by atoms with Crippen molar-refractivity contribution in [3.05, 3.63) is 0 Å². The van der Waals surface area contributed by atoms with Gasteiger partial charge >= 0.3 is 0 Å². The van der Waals surface area contributed by atoms with Crippen molar-refractivity contribution in [3.8, 4) is 0 Å². The maximum absolute atomic E-state index is 11.3. The number of aliphatic hydroxyl groups excluding tert-OH is 1. The zero-order valence-corrected chi connectivity index (χ0v) is 9.08. The number of hydrogen-bond donors (Lipinski definition) is 1. The minimum Gasteiger partial charge on any atom is -0.385 e. The van der Waals surface area contributed by atoms with E-state index in [0.29, 0.717) is 6.42 Å². The lowest BCUT2D eigenvalue weighted by molar-refractivity contribution is -0.141. The molecule has 0 spiro atoms. The molecule has 0 fully saturated rings. The summed E-state index contributed by atoms with van der Waals surface area (Å²) in [6, 6.07) is 0. The lowest BCUT2D eigenvalue weighted by Gasteiger charge is -2.07. The molecular weight excluding hydrogens is 180 g/mol. The van der Waals surface area contributed by atoms with Gasteiger partial charge in [-0.2, -0.15) is 0 Å². The smallest absolute Gasteiger partial charge is 0.226 e. The molecule has 0 aliphatic rings. The van der Waals surface area contributed by atoms with Crippen molar-refractivity contribution in [2.24, 2.45) is 0 Å². The van der Waals surface area contributed by atoms with Crippen LogP contribution in [0.5, 0.6) is 0 Å². The average molecular weight is 200 g/mol. The molecule has 0 aromatic carbocycles. The Morgan fingerprint density at radius 1 is 1.14 bits per heavy atom. The average Bonchev–Trinajstić information content (AvgIpc) is 2.21. The van der Waals surface area contributed by atoms with Crippen molar-refractivity contribution in [3.63, 3.8) is 0 Å². The Kier molecular flexibility index (Phi) is 7.30. The van der Waals surface area contributed by atoms with Crippen LogP contribution >= 0.6 is 0 Å². The first-order valence-corrected chi connectivity index (χ1v) is 5.38. The molecule has 0 rings (SSSR count). The number of unbranched alkanes of at least 4 members (excludes halogenated alkanes) is 2. The van der Waals surface area contributed by atoms with Crippen LogP contribution in [0.15, 0.2) is 0 Å². The summed E-state index contributed by atoms with van der Waals surface area (Å²) in [5, 5.41) is 9.35. The molecule has 14 heavy (non-hydrogen) atoms. The van der Waals surface area contributed by atoms with Crippen molar-refractivity contribution in [2.45, 2.75) is 58.5 Å². The molecule has 0 aliphatic heterocycles. The van der Waals surface area contributed by atoms with Gasteiger partial charge in [-0.05, 0) is 12.8 Å². The van der Waals surface area contributed by atoms with Crippen molar-refractivity contribution in [1.29, 1.82) is 0 Å². The molecule has 82 valence electrons. The van der Waals surface area contributed by atoms with Gasteiger partial charge in [-0.3, -0.25) is 9.59 Å². The van der Waals surface area contributed by atoms with E-state index >= 15 is 0 Å². The summed E-state index contributed by atoms with van der Waals surface area (Å²) in [4.78, 5) is 22.5. The van der Waals surface area contributed by atoms with E-state index < -0.39 is 17.7 Å². The highest BCUT2D eigenvalue weighted by atomic mass is 16.3. The van der Waals surface area contributed by atoms with Gasteiger partial charge in [-0.1, -0.05) is 33.1 Å². The molecule has 1 N–H and O–H groups in total. The fourth-order valence-corrected chi connectivity index (χ4v) is 1.17. The summed E-state index contributed by atoms with van der Waals surface area (Å²) in [5.74, 6) is -1.03. The highest BCUT2D eigenvalue weighted by molar-refractivity contribution is 6.38. The third-order valence-electron chi connectivity index (χ3n) is 2.17. The summed E-state index contributed by atoms with van der Waals surface area (Å²) < 4.78 is 0. The Balaban J connectivity index is 3.85. The molecule has 0 aromatic heterocycles. The van der Waals surface area contributed by atoms with E-state index in [9.17, 15) is 14.7 Å². The molecule has 3 heteroatoms. The lowest BCUT2D eigenvalue weighted by atomic mass is 10.0. The van der Waals surface area contributed by atoms with Crippen LogP contribution in [-0.4, -0.2) is 22.8 Å². The quantitative estimate of drug-likeness (QED) is 0.608. The van der Waals surface area contributed by atoms with Crippen LogP contribution in [0.1, 0.15) is 52.4 Å². The van der Waals surface area contributed by atoms with Gasteiger partial charge in [-0.25, -0.2) is 0 Å². The van der Waals surface area contributed by atoms with Crippen LogP contribution in [-0.2, 0) is 9.59 Å². The van der Waals surface area contributed by atoms with Crippen LogP contribution in [0.4, 0.5) is 0 Å². The molecule has 3 nitrogen and oxygen atoms in total. The highest BCUT2D eigenvalue weighted by Crippen LogP contribution is 2.05. The third-order valence-corrected chi connectivity index (χ3v) is 2.17. The van der Waals surface area contributed by atoms with E-state index in [0.717, 1.165) is 25.7 Å². The molecule has 0 heterocycles. The summed E-state index contributed by atoms with van der Waals surface area (Å²) in [7, 11) is 0. The fourth-order valence-electron chi connectivity index (χ4n) is 1.17. The van der Waals surface area contributed by atoms with E-state index in [1.165, 1.54) is 0 Å². The minimum atomic E-state index is -1.07. The van der Waals surface area contributed by atoms with Crippen LogP contribution in [0.25, 0.3) is 0 Å². The molecule has 0 bridgehead atoms. The molecule has 1 unspecified atom stereocenters. The second-order valence-corrected chi connectivity index (χ2v) is 3.55. The van der Waals surface area contributed by atoms with Gasteiger partial charge in [0.15, 0.2) is 0 Å². The van der Waals surface area contributed by atoms with Gasteiger partial charge < -0.3 is 5.11 Å². The SMILES string of the molecule is CCCCC(=O)C(=O)C(O)CCCC. The second kappa shape index (κ2) is 7.68. The molecule has 0 aromatic rings. The number of hydrogen-bond acceptors (Lipinski definition) is 3. The van der Waals surface area contributed by atoms with Crippen LogP contribution in [0, 0.1) is 0 Å².